The third-order valence-corrected chi connectivity index (χ3v) is 1.97. The SMILES string of the molecule is CC(=O)c1c(N)cc(OC(F)F)cc1Cl. The molecule has 0 aliphatic heterocycles. The lowest BCUT2D eigenvalue weighted by Crippen LogP contribution is -2.05. The zero-order chi connectivity index (χ0) is 11.6. The molecule has 0 amide bonds. The summed E-state index contributed by atoms with van der Waals surface area (Å²) in [5.74, 6) is -0.501. The summed E-state index contributed by atoms with van der Waals surface area (Å²) in [6.07, 6.45) is 0. The molecule has 0 aromatic heterocycles. The van der Waals surface area contributed by atoms with E-state index in [1.807, 2.05) is 0 Å². The molecule has 0 aliphatic rings. The van der Waals surface area contributed by atoms with Crippen LogP contribution in [-0.4, -0.2) is 12.4 Å². The minimum atomic E-state index is -2.95. The molecule has 1 aromatic carbocycles. The standard InChI is InChI=1S/C9H8ClF2NO2/c1-4(14)8-6(10)2-5(3-7(8)13)15-9(11)12/h2-3,9H,13H2,1H3. The number of ether oxygens (including phenoxy) is 1. The molecule has 0 bridgehead atoms. The van der Waals surface area contributed by atoms with Crippen LogP contribution in [0.3, 0.4) is 0 Å². The van der Waals surface area contributed by atoms with E-state index < -0.39 is 6.61 Å². The second kappa shape index (κ2) is 4.44. The van der Waals surface area contributed by atoms with Gasteiger partial charge in [0.1, 0.15) is 5.75 Å². The summed E-state index contributed by atoms with van der Waals surface area (Å²) < 4.78 is 27.8. The van der Waals surface area contributed by atoms with Crippen molar-refractivity contribution >= 4 is 23.1 Å². The first-order valence-corrected chi connectivity index (χ1v) is 4.34. The van der Waals surface area contributed by atoms with Gasteiger partial charge in [-0.3, -0.25) is 4.79 Å². The Kier molecular flexibility index (Phi) is 3.47. The Morgan fingerprint density at radius 3 is 2.53 bits per heavy atom. The van der Waals surface area contributed by atoms with Crippen molar-refractivity contribution in [2.45, 2.75) is 13.5 Å². The molecule has 0 saturated carbocycles. The van der Waals surface area contributed by atoms with Crippen LogP contribution in [0.5, 0.6) is 5.75 Å². The highest BCUT2D eigenvalue weighted by Gasteiger charge is 2.14. The van der Waals surface area contributed by atoms with E-state index >= 15 is 0 Å². The number of carbonyl (C=O) groups excluding carboxylic acids is 1. The zero-order valence-corrected chi connectivity index (χ0v) is 8.52. The van der Waals surface area contributed by atoms with E-state index in [1.165, 1.54) is 6.92 Å². The Morgan fingerprint density at radius 1 is 1.53 bits per heavy atom. The fourth-order valence-corrected chi connectivity index (χ4v) is 1.49. The van der Waals surface area contributed by atoms with Crippen LogP contribution >= 0.6 is 11.6 Å². The van der Waals surface area contributed by atoms with Crippen molar-refractivity contribution in [3.63, 3.8) is 0 Å². The Bertz CT molecular complexity index is 373. The van der Waals surface area contributed by atoms with Gasteiger partial charge >= 0.3 is 6.61 Å². The Balaban J connectivity index is 3.14. The van der Waals surface area contributed by atoms with Gasteiger partial charge in [0.2, 0.25) is 0 Å². The summed E-state index contributed by atoms with van der Waals surface area (Å²) in [4.78, 5) is 11.1. The Morgan fingerprint density at radius 2 is 2.13 bits per heavy atom. The molecule has 82 valence electrons. The van der Waals surface area contributed by atoms with Crippen molar-refractivity contribution in [1.29, 1.82) is 0 Å². The van der Waals surface area contributed by atoms with Gasteiger partial charge in [0.05, 0.1) is 10.6 Å². The third kappa shape index (κ3) is 2.79. The molecular formula is C9H8ClF2NO2. The lowest BCUT2D eigenvalue weighted by Gasteiger charge is -2.09. The first-order valence-electron chi connectivity index (χ1n) is 3.96. The monoisotopic (exact) mass is 235 g/mol. The first-order chi connectivity index (χ1) is 6.91. The van der Waals surface area contributed by atoms with Crippen LogP contribution in [0.15, 0.2) is 12.1 Å². The zero-order valence-electron chi connectivity index (χ0n) is 7.76. The summed E-state index contributed by atoms with van der Waals surface area (Å²) in [5.41, 5.74) is 5.60. The summed E-state index contributed by atoms with van der Waals surface area (Å²) >= 11 is 5.69. The average Bonchev–Trinajstić information content (AvgIpc) is 1.99. The molecule has 0 heterocycles. The molecule has 0 fully saturated rings. The summed E-state index contributed by atoms with van der Waals surface area (Å²) in [5, 5.41) is -0.00171. The molecule has 2 N–H and O–H groups in total. The second-order valence-corrected chi connectivity index (χ2v) is 3.21. The smallest absolute Gasteiger partial charge is 0.387 e. The van der Waals surface area contributed by atoms with Gasteiger partial charge in [-0.1, -0.05) is 11.6 Å². The number of carbonyl (C=O) groups is 1. The van der Waals surface area contributed by atoms with E-state index in [0.29, 0.717) is 0 Å². The maximum atomic E-state index is 11.9. The van der Waals surface area contributed by atoms with E-state index in [2.05, 4.69) is 4.74 Å². The molecule has 1 aromatic rings. The number of halogens is 3. The molecule has 0 aliphatic carbocycles. The van der Waals surface area contributed by atoms with Gasteiger partial charge in [0, 0.05) is 11.8 Å². The minimum absolute atomic E-state index is 0.00171. The summed E-state index contributed by atoms with van der Waals surface area (Å²) in [6.45, 7) is -1.67. The largest absolute Gasteiger partial charge is 0.435 e. The van der Waals surface area contributed by atoms with E-state index in [-0.39, 0.29) is 27.8 Å². The molecular weight excluding hydrogens is 228 g/mol. The van der Waals surface area contributed by atoms with Crippen molar-refractivity contribution in [2.75, 3.05) is 5.73 Å². The summed E-state index contributed by atoms with van der Waals surface area (Å²) in [7, 11) is 0. The minimum Gasteiger partial charge on any atom is -0.435 e. The lowest BCUT2D eigenvalue weighted by molar-refractivity contribution is -0.0497. The van der Waals surface area contributed by atoms with Gasteiger partial charge in [-0.05, 0) is 13.0 Å². The maximum absolute atomic E-state index is 11.9. The number of rotatable bonds is 3. The predicted molar refractivity (Wildman–Crippen MR) is 52.5 cm³/mol. The number of alkyl halides is 2. The van der Waals surface area contributed by atoms with Gasteiger partial charge in [0.25, 0.3) is 0 Å². The van der Waals surface area contributed by atoms with Crippen molar-refractivity contribution in [3.05, 3.63) is 22.7 Å². The van der Waals surface area contributed by atoms with E-state index in [9.17, 15) is 13.6 Å². The number of hydrogen-bond acceptors (Lipinski definition) is 3. The quantitative estimate of drug-likeness (QED) is 0.647. The van der Waals surface area contributed by atoms with E-state index in [1.54, 1.807) is 0 Å². The van der Waals surface area contributed by atoms with Crippen LogP contribution < -0.4 is 10.5 Å². The molecule has 0 spiro atoms. The van der Waals surface area contributed by atoms with Crippen LogP contribution in [0.25, 0.3) is 0 Å². The van der Waals surface area contributed by atoms with Crippen molar-refractivity contribution in [2.24, 2.45) is 0 Å². The molecule has 15 heavy (non-hydrogen) atoms. The molecule has 0 unspecified atom stereocenters. The third-order valence-electron chi connectivity index (χ3n) is 1.67. The number of hydrogen-bond donors (Lipinski definition) is 1. The van der Waals surface area contributed by atoms with Gasteiger partial charge < -0.3 is 10.5 Å². The summed E-state index contributed by atoms with van der Waals surface area (Å²) in [6, 6.07) is 2.26. The highest BCUT2D eigenvalue weighted by molar-refractivity contribution is 6.34. The molecule has 0 radical (unpaired) electrons. The second-order valence-electron chi connectivity index (χ2n) is 2.80. The van der Waals surface area contributed by atoms with Gasteiger partial charge in [-0.25, -0.2) is 0 Å². The first kappa shape index (κ1) is 11.7. The molecule has 6 heteroatoms. The normalized spacial score (nSPS) is 10.5. The number of Topliss-reactive ketones (excluding diaryl/α,β-unsaturated/α-hetero) is 1. The number of anilines is 1. The highest BCUT2D eigenvalue weighted by atomic mass is 35.5. The van der Waals surface area contributed by atoms with Crippen molar-refractivity contribution in [1.82, 2.24) is 0 Å². The molecule has 0 saturated heterocycles. The fourth-order valence-electron chi connectivity index (χ4n) is 1.14. The number of benzene rings is 1. The van der Waals surface area contributed by atoms with Crippen LogP contribution in [0.1, 0.15) is 17.3 Å². The Hall–Kier alpha value is -1.36. The molecule has 3 nitrogen and oxygen atoms in total. The van der Waals surface area contributed by atoms with Crippen LogP contribution in [0.4, 0.5) is 14.5 Å². The lowest BCUT2D eigenvalue weighted by atomic mass is 10.1. The maximum Gasteiger partial charge on any atom is 0.387 e. The number of nitrogens with two attached hydrogens (primary N) is 1. The van der Waals surface area contributed by atoms with Gasteiger partial charge in [-0.2, -0.15) is 8.78 Å². The van der Waals surface area contributed by atoms with Crippen molar-refractivity contribution < 1.29 is 18.3 Å². The number of nitrogen functional groups attached to an aromatic ring is 1. The van der Waals surface area contributed by atoms with Crippen LogP contribution in [0.2, 0.25) is 5.02 Å². The van der Waals surface area contributed by atoms with Gasteiger partial charge in [-0.15, -0.1) is 0 Å². The Labute approximate surface area is 89.8 Å². The number of ketones is 1. The van der Waals surface area contributed by atoms with Crippen LogP contribution in [0, 0.1) is 0 Å². The molecule has 1 rings (SSSR count). The molecule has 0 atom stereocenters. The predicted octanol–water partition coefficient (Wildman–Crippen LogP) is 2.73. The van der Waals surface area contributed by atoms with E-state index in [4.69, 9.17) is 17.3 Å². The van der Waals surface area contributed by atoms with Crippen molar-refractivity contribution in [3.8, 4) is 5.75 Å². The topological polar surface area (TPSA) is 52.3 Å². The van der Waals surface area contributed by atoms with E-state index in [0.717, 1.165) is 12.1 Å². The van der Waals surface area contributed by atoms with Gasteiger partial charge in [0.15, 0.2) is 5.78 Å². The average molecular weight is 236 g/mol. The highest BCUT2D eigenvalue weighted by Crippen LogP contribution is 2.29. The fraction of sp³-hybridized carbons (Fsp3) is 0.222. The van der Waals surface area contributed by atoms with Crippen LogP contribution in [-0.2, 0) is 0 Å².